The number of thioether (sulfide) groups is 2. The Balaban J connectivity index is 1.27. The molecule has 36 heavy (non-hydrogen) atoms. The Bertz CT molecular complexity index is 1180. The lowest BCUT2D eigenvalue weighted by molar-refractivity contribution is -0.940. The summed E-state index contributed by atoms with van der Waals surface area (Å²) in [7, 11) is 2.11. The van der Waals surface area contributed by atoms with E-state index in [4.69, 9.17) is 23.2 Å². The maximum Gasteiger partial charge on any atom is 0.352 e. The first-order chi connectivity index (χ1) is 17.1. The maximum atomic E-state index is 13.0. The number of fused-ring (bicyclic) bond motifs is 3. The predicted molar refractivity (Wildman–Crippen MR) is 139 cm³/mol. The van der Waals surface area contributed by atoms with Crippen LogP contribution in [0, 0.1) is 0 Å². The highest BCUT2D eigenvalue weighted by Gasteiger charge is 2.57. The Morgan fingerprint density at radius 1 is 1.22 bits per heavy atom. The number of hydrogen-bond donors (Lipinski definition) is 2. The van der Waals surface area contributed by atoms with Crippen molar-refractivity contribution in [1.29, 1.82) is 0 Å². The van der Waals surface area contributed by atoms with E-state index in [-0.39, 0.29) is 35.2 Å². The first-order valence-corrected chi connectivity index (χ1v) is 14.5. The predicted octanol–water partition coefficient (Wildman–Crippen LogP) is 3.16. The van der Waals surface area contributed by atoms with Crippen LogP contribution >= 0.6 is 46.7 Å². The van der Waals surface area contributed by atoms with E-state index in [0.29, 0.717) is 44.6 Å². The van der Waals surface area contributed by atoms with Crippen LogP contribution in [-0.2, 0) is 19.2 Å². The number of carboxylic acid groups (broad SMARTS) is 1. The lowest BCUT2D eigenvalue weighted by Crippen LogP contribution is -2.71. The number of rotatable bonds is 7. The molecule has 0 saturated carbocycles. The van der Waals surface area contributed by atoms with Crippen LogP contribution in [-0.4, -0.2) is 86.7 Å². The second kappa shape index (κ2) is 9.87. The van der Waals surface area contributed by atoms with E-state index >= 15 is 0 Å². The topological polar surface area (TPSA) is 104 Å². The fourth-order valence-corrected chi connectivity index (χ4v) is 8.56. The van der Waals surface area contributed by atoms with Gasteiger partial charge in [-0.1, -0.05) is 23.2 Å². The number of carbonyl (C=O) groups is 4. The van der Waals surface area contributed by atoms with Crippen molar-refractivity contribution in [3.05, 3.63) is 39.5 Å². The summed E-state index contributed by atoms with van der Waals surface area (Å²) in [5, 5.41) is 13.3. The number of likely N-dealkylation sites (N-methyl/N-ethyl adjacent to an activating group) is 1. The zero-order chi connectivity index (χ0) is 25.8. The van der Waals surface area contributed by atoms with Crippen LogP contribution in [0.15, 0.2) is 34.4 Å². The van der Waals surface area contributed by atoms with Crippen molar-refractivity contribution >= 4 is 70.3 Å². The molecule has 3 fully saturated rings. The van der Waals surface area contributed by atoms with Crippen molar-refractivity contribution in [3.8, 4) is 0 Å². The first kappa shape index (κ1) is 25.9. The number of Topliss-reactive ketones (excluding diaryl/α,β-unsaturated/α-hetero) is 1. The van der Waals surface area contributed by atoms with Crippen LogP contribution in [0.4, 0.5) is 0 Å². The minimum atomic E-state index is -1.13. The molecule has 4 aliphatic rings. The van der Waals surface area contributed by atoms with Crippen molar-refractivity contribution in [3.63, 3.8) is 0 Å². The van der Waals surface area contributed by atoms with Gasteiger partial charge in [-0.25, -0.2) is 4.79 Å². The minimum absolute atomic E-state index is 0.0324. The largest absolute Gasteiger partial charge is 0.477 e. The van der Waals surface area contributed by atoms with Gasteiger partial charge in [0.25, 0.3) is 5.91 Å². The molecule has 2 unspecified atom stereocenters. The van der Waals surface area contributed by atoms with Crippen molar-refractivity contribution in [2.24, 2.45) is 0 Å². The second-order valence-corrected chi connectivity index (χ2v) is 12.9. The molecule has 0 aliphatic carbocycles. The average molecular weight is 572 g/mol. The lowest BCUT2D eigenvalue weighted by atomic mass is 9.96. The molecule has 12 heteroatoms. The van der Waals surface area contributed by atoms with Gasteiger partial charge in [0, 0.05) is 34.1 Å². The molecule has 1 aromatic rings. The zero-order valence-electron chi connectivity index (χ0n) is 19.5. The van der Waals surface area contributed by atoms with Gasteiger partial charge in [0.2, 0.25) is 5.91 Å². The van der Waals surface area contributed by atoms with Crippen molar-refractivity contribution in [2.75, 3.05) is 25.1 Å². The number of piperidine rings is 1. The zero-order valence-corrected chi connectivity index (χ0v) is 22.7. The van der Waals surface area contributed by atoms with Gasteiger partial charge >= 0.3 is 5.97 Å². The summed E-state index contributed by atoms with van der Waals surface area (Å²) in [6.07, 6.45) is 3.00. The number of β-lactam (4-membered cyclic amide) rings is 1. The summed E-state index contributed by atoms with van der Waals surface area (Å²) >= 11 is 14.8. The summed E-state index contributed by atoms with van der Waals surface area (Å²) < 4.78 is 0.661. The third kappa shape index (κ3) is 4.55. The summed E-state index contributed by atoms with van der Waals surface area (Å²) in [5.74, 6) is -1.08. The number of ketones is 1. The van der Waals surface area contributed by atoms with Crippen molar-refractivity contribution < 1.29 is 28.8 Å². The highest BCUT2D eigenvalue weighted by molar-refractivity contribution is 8.00. The Kier molecular flexibility index (Phi) is 7.10. The highest BCUT2D eigenvalue weighted by Crippen LogP contribution is 2.45. The number of benzene rings is 1. The molecule has 4 heterocycles. The average Bonchev–Trinajstić information content (AvgIpc) is 2.98. The van der Waals surface area contributed by atoms with Gasteiger partial charge < -0.3 is 14.9 Å². The van der Waals surface area contributed by atoms with Crippen molar-refractivity contribution in [1.82, 2.24) is 10.2 Å². The monoisotopic (exact) mass is 570 g/mol. The van der Waals surface area contributed by atoms with E-state index in [9.17, 15) is 24.3 Å². The molecule has 0 aromatic heterocycles. The molecule has 4 atom stereocenters. The van der Waals surface area contributed by atoms with Crippen LogP contribution in [0.2, 0.25) is 10.0 Å². The SMILES string of the molecule is C[N+]1(CC2=C(C(=O)O)N3C(=O)[C@@H](NC(=O)CSc4cc(Cl)ccc4Cl)[C@H]3SC2)C2CCC1CC(=O)C2. The van der Waals surface area contributed by atoms with Gasteiger partial charge in [-0.15, -0.1) is 23.5 Å². The molecule has 192 valence electrons. The molecule has 8 nitrogen and oxygen atoms in total. The third-order valence-corrected chi connectivity index (χ3v) is 10.8. The number of carboxylic acids is 1. The third-order valence-electron chi connectivity index (χ3n) is 7.78. The smallest absolute Gasteiger partial charge is 0.352 e. The molecule has 2 N–H and O–H groups in total. The van der Waals surface area contributed by atoms with Crippen LogP contribution < -0.4 is 5.32 Å². The van der Waals surface area contributed by atoms with Gasteiger partial charge in [-0.05, 0) is 18.2 Å². The molecule has 4 aliphatic heterocycles. The van der Waals surface area contributed by atoms with Gasteiger partial charge in [0.15, 0.2) is 0 Å². The minimum Gasteiger partial charge on any atom is -0.477 e. The molecular formula is C24H26Cl2N3O5S2+. The first-order valence-electron chi connectivity index (χ1n) is 11.7. The summed E-state index contributed by atoms with van der Waals surface area (Å²) in [5.41, 5.74) is 0.756. The van der Waals surface area contributed by atoms with Gasteiger partial charge in [-0.3, -0.25) is 19.3 Å². The summed E-state index contributed by atoms with van der Waals surface area (Å²) in [6.45, 7) is 0.516. The normalized spacial score (nSPS) is 31.2. The molecule has 2 amide bonds. The number of hydrogen-bond acceptors (Lipinski definition) is 6. The molecular weight excluding hydrogens is 545 g/mol. The number of amides is 2. The van der Waals surface area contributed by atoms with Gasteiger partial charge in [0.05, 0.1) is 42.7 Å². The Hall–Kier alpha value is -1.72. The van der Waals surface area contributed by atoms with Crippen molar-refractivity contribution in [2.45, 2.75) is 54.1 Å². The Labute approximate surface area is 227 Å². The van der Waals surface area contributed by atoms with E-state index in [1.807, 2.05) is 0 Å². The Morgan fingerprint density at radius 2 is 1.92 bits per heavy atom. The fourth-order valence-electron chi connectivity index (χ4n) is 5.92. The molecule has 0 spiro atoms. The van der Waals surface area contributed by atoms with Gasteiger partial charge in [-0.2, -0.15) is 0 Å². The fraction of sp³-hybridized carbons (Fsp3) is 0.500. The van der Waals surface area contributed by atoms with Crippen LogP contribution in [0.3, 0.4) is 0 Å². The molecule has 2 bridgehead atoms. The van der Waals surface area contributed by atoms with E-state index in [1.54, 1.807) is 18.2 Å². The van der Waals surface area contributed by atoms with E-state index < -0.39 is 23.3 Å². The van der Waals surface area contributed by atoms with E-state index in [2.05, 4.69) is 12.4 Å². The number of aliphatic carboxylic acids is 1. The molecule has 5 rings (SSSR count). The number of nitrogens with one attached hydrogen (secondary N) is 1. The highest BCUT2D eigenvalue weighted by atomic mass is 35.5. The molecule has 0 radical (unpaired) electrons. The Morgan fingerprint density at radius 3 is 2.58 bits per heavy atom. The maximum absolute atomic E-state index is 13.0. The standard InChI is InChI=1S/C24H25Cl2N3O5S2/c1-29(14-3-4-15(29)8-16(30)7-14)9-12-10-36-23-20(22(32)28(23)21(12)24(33)34)27-19(31)11-35-18-6-13(25)2-5-17(18)26/h2,5-6,14-15,20,23H,3-4,7-11H2,1H3,(H-,27,31,33,34)/p+1/t14?,15?,20-,23-,29?/m1/s1. The summed E-state index contributed by atoms with van der Waals surface area (Å²) in [4.78, 5) is 52.0. The number of halogens is 2. The number of carbonyl (C=O) groups excluding carboxylic acids is 3. The molecule has 3 saturated heterocycles. The number of nitrogens with zero attached hydrogens (tertiary/aromatic N) is 2. The summed E-state index contributed by atoms with van der Waals surface area (Å²) in [6, 6.07) is 4.62. The van der Waals surface area contributed by atoms with Crippen LogP contribution in [0.25, 0.3) is 0 Å². The molecule has 1 aromatic carbocycles. The van der Waals surface area contributed by atoms with E-state index in [1.165, 1.54) is 28.4 Å². The van der Waals surface area contributed by atoms with E-state index in [0.717, 1.165) is 18.4 Å². The lowest BCUT2D eigenvalue weighted by Gasteiger charge is -2.51. The number of quaternary nitrogens is 1. The van der Waals surface area contributed by atoms with Crippen LogP contribution in [0.1, 0.15) is 25.7 Å². The van der Waals surface area contributed by atoms with Gasteiger partial charge in [0.1, 0.15) is 29.4 Å². The second-order valence-electron chi connectivity index (χ2n) is 9.91. The quantitative estimate of drug-likeness (QED) is 0.295. The van der Waals surface area contributed by atoms with Crippen LogP contribution in [0.5, 0.6) is 0 Å².